The number of benzene rings is 2. The van der Waals surface area contributed by atoms with Crippen molar-refractivity contribution in [2.45, 2.75) is 16.2 Å². The Kier molecular flexibility index (Phi) is 4.45. The second-order valence-electron chi connectivity index (χ2n) is 6.93. The summed E-state index contributed by atoms with van der Waals surface area (Å²) in [4.78, 5) is 7.22. The molecule has 0 atom stereocenters. The fourth-order valence-electron chi connectivity index (χ4n) is 3.11. The van der Waals surface area contributed by atoms with Gasteiger partial charge < -0.3 is 9.30 Å². The van der Waals surface area contributed by atoms with Gasteiger partial charge in [0.1, 0.15) is 5.65 Å². The Labute approximate surface area is 158 Å². The zero-order chi connectivity index (χ0) is 19.0. The predicted molar refractivity (Wildman–Crippen MR) is 107 cm³/mol. The minimum absolute atomic E-state index is 0.266. The fourth-order valence-corrected chi connectivity index (χ4v) is 4.41. The Hall–Kier alpha value is -2.70. The Morgan fingerprint density at radius 2 is 1.67 bits per heavy atom. The molecule has 4 rings (SSSR count). The van der Waals surface area contributed by atoms with Crippen LogP contribution in [0.3, 0.4) is 0 Å². The fraction of sp³-hybridized carbons (Fsp3) is 0.190. The van der Waals surface area contributed by atoms with Gasteiger partial charge in [0.25, 0.3) is 0 Å². The summed E-state index contributed by atoms with van der Waals surface area (Å²) in [7, 11) is 0.441. The Morgan fingerprint density at radius 3 is 2.44 bits per heavy atom. The molecule has 2 heterocycles. The van der Waals surface area contributed by atoms with Crippen molar-refractivity contribution >= 4 is 26.3 Å². The summed E-state index contributed by atoms with van der Waals surface area (Å²) < 4.78 is 28.0. The third-order valence-corrected chi connectivity index (χ3v) is 6.37. The van der Waals surface area contributed by atoms with Gasteiger partial charge in [0.05, 0.1) is 15.5 Å². The highest BCUT2D eigenvalue weighted by Gasteiger charge is 2.19. The molecule has 0 bridgehead atoms. The summed E-state index contributed by atoms with van der Waals surface area (Å²) in [5.74, 6) is 0. The number of fused-ring (bicyclic) bond motifs is 2. The van der Waals surface area contributed by atoms with Crippen molar-refractivity contribution in [2.24, 2.45) is 0 Å². The number of imidazole rings is 1. The van der Waals surface area contributed by atoms with E-state index in [0.717, 1.165) is 35.1 Å². The first-order valence-electron chi connectivity index (χ1n) is 8.80. The molecule has 5 nitrogen and oxygen atoms in total. The molecule has 0 aliphatic carbocycles. The molecule has 4 aromatic rings. The average Bonchev–Trinajstić information content (AvgIpc) is 3.08. The van der Waals surface area contributed by atoms with Crippen LogP contribution in [0.25, 0.3) is 16.4 Å². The monoisotopic (exact) mass is 379 g/mol. The summed E-state index contributed by atoms with van der Waals surface area (Å²) in [6.07, 6.45) is 4.37. The van der Waals surface area contributed by atoms with Gasteiger partial charge in [-0.3, -0.25) is 0 Å². The van der Waals surface area contributed by atoms with Crippen molar-refractivity contribution in [3.63, 3.8) is 0 Å². The van der Waals surface area contributed by atoms with Crippen LogP contribution >= 0.6 is 0 Å². The van der Waals surface area contributed by atoms with Crippen molar-refractivity contribution in [3.05, 3.63) is 72.7 Å². The van der Waals surface area contributed by atoms with Crippen molar-refractivity contribution in [1.82, 2.24) is 14.3 Å². The molecule has 27 heavy (non-hydrogen) atoms. The molecule has 0 aliphatic heterocycles. The molecular formula is C21H21N3O2S. The average molecular weight is 379 g/mol. The van der Waals surface area contributed by atoms with Gasteiger partial charge in [0.15, 0.2) is 0 Å². The molecule has 0 amide bonds. The molecule has 2 aromatic heterocycles. The standard InChI is InChI=1S/C21H21N3O2S/c1-23(2)12-11-18-14-24-15-20(9-10-21(24)22-18)27(25,26)19-8-7-16-5-3-4-6-17(16)13-19/h3-10,13-15H,11-12H2,1-2H3. The van der Waals surface area contributed by atoms with E-state index in [-0.39, 0.29) is 4.90 Å². The number of aromatic nitrogens is 2. The van der Waals surface area contributed by atoms with E-state index < -0.39 is 9.84 Å². The highest BCUT2D eigenvalue weighted by atomic mass is 32.2. The van der Waals surface area contributed by atoms with Crippen molar-refractivity contribution in [2.75, 3.05) is 20.6 Å². The van der Waals surface area contributed by atoms with Gasteiger partial charge >= 0.3 is 0 Å². The lowest BCUT2D eigenvalue weighted by Gasteiger charge is -2.07. The van der Waals surface area contributed by atoms with E-state index in [1.807, 2.05) is 50.6 Å². The number of sulfone groups is 1. The first-order chi connectivity index (χ1) is 12.9. The van der Waals surface area contributed by atoms with Crippen LogP contribution in [0.4, 0.5) is 0 Å². The molecule has 0 aliphatic rings. The minimum Gasteiger partial charge on any atom is -0.309 e. The van der Waals surface area contributed by atoms with Crippen LogP contribution in [0, 0.1) is 0 Å². The predicted octanol–water partition coefficient (Wildman–Crippen LogP) is 3.42. The number of nitrogens with zero attached hydrogens (tertiary/aromatic N) is 3. The summed E-state index contributed by atoms with van der Waals surface area (Å²) in [6.45, 7) is 0.895. The third-order valence-electron chi connectivity index (χ3n) is 4.63. The number of likely N-dealkylation sites (N-methyl/N-ethyl adjacent to an activating group) is 1. The second kappa shape index (κ2) is 6.79. The molecule has 6 heteroatoms. The number of pyridine rings is 1. The molecule has 0 N–H and O–H groups in total. The highest BCUT2D eigenvalue weighted by molar-refractivity contribution is 7.91. The molecule has 0 saturated heterocycles. The van der Waals surface area contributed by atoms with Crippen LogP contribution < -0.4 is 0 Å². The molecule has 138 valence electrons. The minimum atomic E-state index is -3.60. The zero-order valence-electron chi connectivity index (χ0n) is 15.3. The van der Waals surface area contributed by atoms with Gasteiger partial charge in [-0.1, -0.05) is 30.3 Å². The van der Waals surface area contributed by atoms with E-state index in [2.05, 4.69) is 9.88 Å². The SMILES string of the molecule is CN(C)CCc1cn2cc(S(=O)(=O)c3ccc4ccccc4c3)ccc2n1. The van der Waals surface area contributed by atoms with Gasteiger partial charge in [0.2, 0.25) is 9.84 Å². The van der Waals surface area contributed by atoms with E-state index in [9.17, 15) is 8.42 Å². The maximum Gasteiger partial charge on any atom is 0.208 e. The zero-order valence-corrected chi connectivity index (χ0v) is 16.1. The number of hydrogen-bond donors (Lipinski definition) is 0. The third kappa shape index (κ3) is 3.46. The normalized spacial score (nSPS) is 12.3. The topological polar surface area (TPSA) is 54.7 Å². The number of hydrogen-bond acceptors (Lipinski definition) is 4. The smallest absolute Gasteiger partial charge is 0.208 e. The summed E-state index contributed by atoms with van der Waals surface area (Å²) in [6, 6.07) is 16.4. The molecule has 0 spiro atoms. The van der Waals surface area contributed by atoms with E-state index >= 15 is 0 Å². The largest absolute Gasteiger partial charge is 0.309 e. The van der Waals surface area contributed by atoms with E-state index in [1.165, 1.54) is 0 Å². The van der Waals surface area contributed by atoms with Crippen LogP contribution in [0.2, 0.25) is 0 Å². The Balaban J connectivity index is 1.72. The number of rotatable bonds is 5. The molecule has 0 radical (unpaired) electrons. The maximum absolute atomic E-state index is 13.1. The maximum atomic E-state index is 13.1. The van der Waals surface area contributed by atoms with Gasteiger partial charge in [0, 0.05) is 25.4 Å². The van der Waals surface area contributed by atoms with Crippen LogP contribution in [-0.2, 0) is 16.3 Å². The highest BCUT2D eigenvalue weighted by Crippen LogP contribution is 2.25. The molecule has 0 saturated carbocycles. The van der Waals surface area contributed by atoms with E-state index in [0.29, 0.717) is 4.90 Å². The summed E-state index contributed by atoms with van der Waals surface area (Å²) in [5.41, 5.74) is 1.70. The quantitative estimate of drug-likeness (QED) is 0.533. The van der Waals surface area contributed by atoms with E-state index in [1.54, 1.807) is 34.9 Å². The lowest BCUT2D eigenvalue weighted by atomic mass is 10.1. The molecular weight excluding hydrogens is 358 g/mol. The summed E-state index contributed by atoms with van der Waals surface area (Å²) in [5, 5.41) is 1.93. The van der Waals surface area contributed by atoms with Crippen LogP contribution in [-0.4, -0.2) is 43.3 Å². The van der Waals surface area contributed by atoms with Gasteiger partial charge in [-0.2, -0.15) is 0 Å². The van der Waals surface area contributed by atoms with Crippen molar-refractivity contribution in [3.8, 4) is 0 Å². The molecule has 0 fully saturated rings. The van der Waals surface area contributed by atoms with Crippen LogP contribution in [0.1, 0.15) is 5.69 Å². The lowest BCUT2D eigenvalue weighted by molar-refractivity contribution is 0.412. The van der Waals surface area contributed by atoms with Crippen LogP contribution in [0.15, 0.2) is 76.8 Å². The summed E-state index contributed by atoms with van der Waals surface area (Å²) >= 11 is 0. The van der Waals surface area contributed by atoms with Gasteiger partial charge in [-0.15, -0.1) is 0 Å². The van der Waals surface area contributed by atoms with Crippen LogP contribution in [0.5, 0.6) is 0 Å². The Morgan fingerprint density at radius 1 is 0.926 bits per heavy atom. The lowest BCUT2D eigenvalue weighted by Crippen LogP contribution is -2.15. The molecule has 0 unspecified atom stereocenters. The first-order valence-corrected chi connectivity index (χ1v) is 10.3. The van der Waals surface area contributed by atoms with Crippen molar-refractivity contribution in [1.29, 1.82) is 0 Å². The molecule has 2 aromatic carbocycles. The second-order valence-corrected chi connectivity index (χ2v) is 8.88. The van der Waals surface area contributed by atoms with Gasteiger partial charge in [-0.25, -0.2) is 13.4 Å². The van der Waals surface area contributed by atoms with Gasteiger partial charge in [-0.05, 0) is 49.1 Å². The van der Waals surface area contributed by atoms with Crippen molar-refractivity contribution < 1.29 is 8.42 Å². The Bertz CT molecular complexity index is 1230. The van der Waals surface area contributed by atoms with E-state index in [4.69, 9.17) is 0 Å². The first kappa shape index (κ1) is 17.7.